The molecule has 0 aliphatic heterocycles. The van der Waals surface area contributed by atoms with E-state index in [1.54, 1.807) is 18.2 Å². The van der Waals surface area contributed by atoms with Crippen LogP contribution in [0, 0.1) is 0 Å². The number of hydrogen-bond donors (Lipinski definition) is 2. The zero-order valence-electron chi connectivity index (χ0n) is 11.2. The zero-order valence-corrected chi connectivity index (χ0v) is 11.2. The number of amides is 2. The molecule has 0 aromatic heterocycles. The van der Waals surface area contributed by atoms with E-state index in [4.69, 9.17) is 11.5 Å². The second kappa shape index (κ2) is 6.58. The van der Waals surface area contributed by atoms with Gasteiger partial charge >= 0.3 is 0 Å². The number of nitrogen functional groups attached to an aromatic ring is 1. The fourth-order valence-corrected chi connectivity index (χ4v) is 1.55. The normalized spacial score (nSPS) is 10.9. The summed E-state index contributed by atoms with van der Waals surface area (Å²) in [5.41, 5.74) is 12.2. The first-order valence-electron chi connectivity index (χ1n) is 6.02. The molecule has 0 heterocycles. The third-order valence-electron chi connectivity index (χ3n) is 2.59. The molecule has 19 heavy (non-hydrogen) atoms. The number of nitrogens with two attached hydrogens (primary N) is 2. The second-order valence-electron chi connectivity index (χ2n) is 4.53. The molecule has 0 bridgehead atoms. The first kappa shape index (κ1) is 14.8. The minimum Gasteiger partial charge on any atom is -0.399 e. The van der Waals surface area contributed by atoms with Gasteiger partial charge < -0.3 is 16.4 Å². The molecule has 0 fully saturated rings. The van der Waals surface area contributed by atoms with Crippen molar-refractivity contribution in [1.82, 2.24) is 4.90 Å². The molecule has 4 N–H and O–H groups in total. The predicted octanol–water partition coefficient (Wildman–Crippen LogP) is 1.00. The van der Waals surface area contributed by atoms with Crippen molar-refractivity contribution in [1.29, 1.82) is 0 Å². The zero-order chi connectivity index (χ0) is 14.4. The molecule has 0 saturated heterocycles. The van der Waals surface area contributed by atoms with Crippen molar-refractivity contribution in [2.45, 2.75) is 19.9 Å². The molecule has 1 aromatic carbocycles. The van der Waals surface area contributed by atoms with E-state index in [2.05, 4.69) is 0 Å². The fraction of sp³-hybridized carbons (Fsp3) is 0.286. The Kier molecular flexibility index (Phi) is 5.11. The van der Waals surface area contributed by atoms with Crippen LogP contribution in [-0.4, -0.2) is 29.3 Å². The fourth-order valence-electron chi connectivity index (χ4n) is 1.55. The minimum atomic E-state index is -0.525. The van der Waals surface area contributed by atoms with Gasteiger partial charge in [-0.2, -0.15) is 0 Å². The highest BCUT2D eigenvalue weighted by molar-refractivity contribution is 5.94. The molecule has 5 nitrogen and oxygen atoms in total. The first-order chi connectivity index (χ1) is 8.90. The molecule has 0 spiro atoms. The van der Waals surface area contributed by atoms with Crippen molar-refractivity contribution in [3.8, 4) is 0 Å². The van der Waals surface area contributed by atoms with E-state index >= 15 is 0 Å². The lowest BCUT2D eigenvalue weighted by atomic mass is 10.2. The molecular formula is C14H19N3O2. The largest absolute Gasteiger partial charge is 0.399 e. The highest BCUT2D eigenvalue weighted by Crippen LogP contribution is 2.08. The van der Waals surface area contributed by atoms with Crippen LogP contribution in [0.4, 0.5) is 5.69 Å². The van der Waals surface area contributed by atoms with E-state index in [1.807, 2.05) is 26.0 Å². The van der Waals surface area contributed by atoms with Gasteiger partial charge in [-0.1, -0.05) is 12.1 Å². The van der Waals surface area contributed by atoms with Crippen LogP contribution in [-0.2, 0) is 9.59 Å². The number of anilines is 1. The maximum atomic E-state index is 12.0. The number of carbonyl (C=O) groups is 2. The van der Waals surface area contributed by atoms with Crippen LogP contribution in [0.2, 0.25) is 0 Å². The molecule has 0 unspecified atom stereocenters. The third-order valence-corrected chi connectivity index (χ3v) is 2.59. The second-order valence-corrected chi connectivity index (χ2v) is 4.53. The van der Waals surface area contributed by atoms with Crippen LogP contribution in [0.15, 0.2) is 30.3 Å². The molecule has 0 radical (unpaired) electrons. The van der Waals surface area contributed by atoms with Gasteiger partial charge in [0, 0.05) is 17.8 Å². The van der Waals surface area contributed by atoms with Gasteiger partial charge in [0.15, 0.2) is 0 Å². The van der Waals surface area contributed by atoms with Gasteiger partial charge in [0.2, 0.25) is 11.8 Å². The summed E-state index contributed by atoms with van der Waals surface area (Å²) < 4.78 is 0. The Balaban J connectivity index is 2.75. The van der Waals surface area contributed by atoms with Crippen LogP contribution in [0.25, 0.3) is 6.08 Å². The van der Waals surface area contributed by atoms with E-state index in [0.717, 1.165) is 5.56 Å². The topological polar surface area (TPSA) is 89.4 Å². The summed E-state index contributed by atoms with van der Waals surface area (Å²) in [6, 6.07) is 7.05. The number of rotatable bonds is 5. The Hall–Kier alpha value is -2.30. The highest BCUT2D eigenvalue weighted by Gasteiger charge is 2.16. The summed E-state index contributed by atoms with van der Waals surface area (Å²) in [5.74, 6) is -0.770. The molecule has 0 atom stereocenters. The van der Waals surface area contributed by atoms with Crippen LogP contribution in [0.5, 0.6) is 0 Å². The molecule has 5 heteroatoms. The van der Waals surface area contributed by atoms with Crippen LogP contribution in [0.3, 0.4) is 0 Å². The van der Waals surface area contributed by atoms with Gasteiger partial charge in [-0.3, -0.25) is 9.59 Å². The van der Waals surface area contributed by atoms with Crippen molar-refractivity contribution in [3.63, 3.8) is 0 Å². The molecular weight excluding hydrogens is 242 g/mol. The first-order valence-corrected chi connectivity index (χ1v) is 6.02. The van der Waals surface area contributed by atoms with E-state index < -0.39 is 5.91 Å². The van der Waals surface area contributed by atoms with E-state index in [1.165, 1.54) is 11.0 Å². The van der Waals surface area contributed by atoms with Crippen molar-refractivity contribution >= 4 is 23.6 Å². The smallest absolute Gasteiger partial charge is 0.247 e. The third kappa shape index (κ3) is 4.83. The summed E-state index contributed by atoms with van der Waals surface area (Å²) >= 11 is 0. The maximum absolute atomic E-state index is 12.0. The number of nitrogens with zero attached hydrogens (tertiary/aromatic N) is 1. The lowest BCUT2D eigenvalue weighted by Crippen LogP contribution is -2.41. The summed E-state index contributed by atoms with van der Waals surface area (Å²) in [6.07, 6.45) is 3.10. The van der Waals surface area contributed by atoms with Crippen molar-refractivity contribution in [2.75, 3.05) is 12.3 Å². The lowest BCUT2D eigenvalue weighted by Gasteiger charge is -2.23. The minimum absolute atomic E-state index is 0.0808. The van der Waals surface area contributed by atoms with Crippen LogP contribution >= 0.6 is 0 Å². The van der Waals surface area contributed by atoms with Gasteiger partial charge in [-0.05, 0) is 37.6 Å². The van der Waals surface area contributed by atoms with Crippen molar-refractivity contribution in [2.24, 2.45) is 5.73 Å². The van der Waals surface area contributed by atoms with Gasteiger partial charge in [0.25, 0.3) is 0 Å². The number of benzene rings is 1. The Labute approximate surface area is 112 Å². The number of carbonyl (C=O) groups excluding carboxylic acids is 2. The number of primary amides is 1. The molecule has 0 aliphatic rings. The molecule has 0 saturated carbocycles. The Morgan fingerprint density at radius 1 is 1.26 bits per heavy atom. The van der Waals surface area contributed by atoms with Gasteiger partial charge in [0.1, 0.15) is 0 Å². The van der Waals surface area contributed by atoms with Crippen molar-refractivity contribution < 1.29 is 9.59 Å². The molecule has 1 rings (SSSR count). The highest BCUT2D eigenvalue weighted by atomic mass is 16.2. The summed E-state index contributed by atoms with van der Waals surface area (Å²) in [4.78, 5) is 24.3. The van der Waals surface area contributed by atoms with Gasteiger partial charge in [-0.25, -0.2) is 0 Å². The summed E-state index contributed by atoms with van der Waals surface area (Å²) in [5, 5.41) is 0. The van der Waals surface area contributed by atoms with Gasteiger partial charge in [-0.15, -0.1) is 0 Å². The summed E-state index contributed by atoms with van der Waals surface area (Å²) in [6.45, 7) is 3.58. The van der Waals surface area contributed by atoms with E-state index in [0.29, 0.717) is 5.69 Å². The Morgan fingerprint density at radius 3 is 2.32 bits per heavy atom. The molecule has 2 amide bonds. The van der Waals surface area contributed by atoms with Crippen molar-refractivity contribution in [3.05, 3.63) is 35.9 Å². The lowest BCUT2D eigenvalue weighted by molar-refractivity contribution is -0.132. The molecule has 0 aliphatic carbocycles. The average Bonchev–Trinajstić information content (AvgIpc) is 2.34. The van der Waals surface area contributed by atoms with E-state index in [9.17, 15) is 9.59 Å². The molecule has 1 aromatic rings. The molecule has 102 valence electrons. The Bertz CT molecular complexity index is 478. The Morgan fingerprint density at radius 2 is 1.84 bits per heavy atom. The maximum Gasteiger partial charge on any atom is 0.247 e. The standard InChI is InChI=1S/C14H19N3O2/c1-10(2)17(9-13(16)18)14(19)8-5-11-3-6-12(15)7-4-11/h3-8,10H,9,15H2,1-2H3,(H2,16,18)/b8-5+. The van der Waals surface area contributed by atoms with Crippen LogP contribution in [0.1, 0.15) is 19.4 Å². The van der Waals surface area contributed by atoms with Crippen LogP contribution < -0.4 is 11.5 Å². The monoisotopic (exact) mass is 261 g/mol. The SMILES string of the molecule is CC(C)N(CC(N)=O)C(=O)/C=C/c1ccc(N)cc1. The quantitative estimate of drug-likeness (QED) is 0.612. The van der Waals surface area contributed by atoms with E-state index in [-0.39, 0.29) is 18.5 Å². The van der Waals surface area contributed by atoms with Gasteiger partial charge in [0.05, 0.1) is 6.54 Å². The summed E-state index contributed by atoms with van der Waals surface area (Å²) in [7, 11) is 0. The average molecular weight is 261 g/mol. The predicted molar refractivity (Wildman–Crippen MR) is 75.9 cm³/mol. The number of hydrogen-bond acceptors (Lipinski definition) is 3.